The topological polar surface area (TPSA) is 70.0 Å². The van der Waals surface area contributed by atoms with Crippen LogP contribution in [0, 0.1) is 0 Å². The Balaban J connectivity index is 1.76. The highest BCUT2D eigenvalue weighted by Crippen LogP contribution is 2.22. The number of anilines is 3. The van der Waals surface area contributed by atoms with Gasteiger partial charge in [0.05, 0.1) is 0 Å². The van der Waals surface area contributed by atoms with Gasteiger partial charge in [-0.15, -0.1) is 0 Å². The number of hydrogen-bond donors (Lipinski definition) is 1. The summed E-state index contributed by atoms with van der Waals surface area (Å²) in [5.74, 6) is 0.220. The number of carbonyl (C=O) groups excluding carboxylic acids is 1. The van der Waals surface area contributed by atoms with Crippen molar-refractivity contribution in [2.75, 3.05) is 43.4 Å². The third-order valence-corrected chi connectivity index (χ3v) is 5.16. The van der Waals surface area contributed by atoms with Crippen LogP contribution in [0.25, 0.3) is 5.65 Å². The fourth-order valence-electron chi connectivity index (χ4n) is 3.31. The number of nitrogens with zero attached hydrogens (tertiary/aromatic N) is 4. The molecule has 1 aliphatic heterocycles. The maximum Gasteiger partial charge on any atom is 0.270 e. The third kappa shape index (κ3) is 3.58. The Morgan fingerprint density at radius 2 is 1.93 bits per heavy atom. The molecule has 0 bridgehead atoms. The first kappa shape index (κ1) is 18.5. The molecule has 4 rings (SSSR count). The minimum Gasteiger partial charge on any atom is -0.369 e. The van der Waals surface area contributed by atoms with Gasteiger partial charge >= 0.3 is 0 Å². The van der Waals surface area contributed by atoms with Gasteiger partial charge in [0.2, 0.25) is 0 Å². The van der Waals surface area contributed by atoms with Gasteiger partial charge in [-0.1, -0.05) is 17.7 Å². The molecule has 8 heteroatoms. The quantitative estimate of drug-likeness (QED) is 0.682. The molecule has 1 N–H and O–H groups in total. The Labute approximate surface area is 167 Å². The van der Waals surface area contributed by atoms with E-state index in [-0.39, 0.29) is 11.4 Å². The number of hydrogen-bond acceptors (Lipinski definition) is 6. The van der Waals surface area contributed by atoms with Gasteiger partial charge in [0.25, 0.3) is 5.56 Å². The molecule has 1 saturated heterocycles. The molecule has 0 atom stereocenters. The highest BCUT2D eigenvalue weighted by Gasteiger charge is 2.17. The summed E-state index contributed by atoms with van der Waals surface area (Å²) in [5.41, 5.74) is 1.71. The minimum absolute atomic E-state index is 0.0233. The zero-order chi connectivity index (χ0) is 19.7. The van der Waals surface area contributed by atoms with Crippen LogP contribution in [-0.4, -0.2) is 53.8 Å². The van der Waals surface area contributed by atoms with Crippen LogP contribution >= 0.6 is 11.6 Å². The third-order valence-electron chi connectivity index (χ3n) is 4.92. The summed E-state index contributed by atoms with van der Waals surface area (Å²) in [6.07, 6.45) is 2.21. The van der Waals surface area contributed by atoms with E-state index in [1.54, 1.807) is 30.5 Å². The van der Waals surface area contributed by atoms with Crippen LogP contribution in [-0.2, 0) is 0 Å². The molecule has 0 amide bonds. The summed E-state index contributed by atoms with van der Waals surface area (Å²) in [4.78, 5) is 33.4. The maximum atomic E-state index is 12.8. The summed E-state index contributed by atoms with van der Waals surface area (Å²) in [6.45, 7) is 3.79. The lowest BCUT2D eigenvalue weighted by atomic mass is 10.2. The Hall–Kier alpha value is -2.90. The number of pyridine rings is 1. The summed E-state index contributed by atoms with van der Waals surface area (Å²) in [5, 5.41) is 3.59. The van der Waals surface area contributed by atoms with E-state index in [0.29, 0.717) is 22.6 Å². The Morgan fingerprint density at radius 1 is 1.14 bits per heavy atom. The molecule has 7 nitrogen and oxygen atoms in total. The van der Waals surface area contributed by atoms with Gasteiger partial charge < -0.3 is 15.1 Å². The van der Waals surface area contributed by atoms with Crippen LogP contribution in [0.15, 0.2) is 47.4 Å². The normalized spacial score (nSPS) is 15.0. The van der Waals surface area contributed by atoms with E-state index in [1.807, 2.05) is 12.1 Å². The average molecular weight is 398 g/mol. The Morgan fingerprint density at radius 3 is 2.64 bits per heavy atom. The van der Waals surface area contributed by atoms with Crippen molar-refractivity contribution in [3.05, 3.63) is 63.5 Å². The number of rotatable bonds is 4. The van der Waals surface area contributed by atoms with Crippen molar-refractivity contribution in [1.29, 1.82) is 0 Å². The average Bonchev–Trinajstić information content (AvgIpc) is 2.68. The molecule has 0 radical (unpaired) electrons. The largest absolute Gasteiger partial charge is 0.369 e. The van der Waals surface area contributed by atoms with Crippen LogP contribution in [0.2, 0.25) is 5.02 Å². The lowest BCUT2D eigenvalue weighted by Gasteiger charge is -2.34. The maximum absolute atomic E-state index is 12.8. The number of aromatic nitrogens is 2. The number of halogens is 1. The molecular weight excluding hydrogens is 378 g/mol. The van der Waals surface area contributed by atoms with Crippen molar-refractivity contribution in [3.63, 3.8) is 0 Å². The summed E-state index contributed by atoms with van der Waals surface area (Å²) < 4.78 is 1.40. The first-order valence-corrected chi connectivity index (χ1v) is 9.40. The highest BCUT2D eigenvalue weighted by atomic mass is 35.5. The van der Waals surface area contributed by atoms with E-state index < -0.39 is 5.56 Å². The molecule has 0 aliphatic carbocycles. The molecule has 144 valence electrons. The van der Waals surface area contributed by atoms with Gasteiger partial charge in [-0.05, 0) is 31.3 Å². The molecule has 2 aromatic heterocycles. The van der Waals surface area contributed by atoms with Crippen molar-refractivity contribution in [2.24, 2.45) is 0 Å². The number of piperazine rings is 1. The van der Waals surface area contributed by atoms with Gasteiger partial charge in [-0.3, -0.25) is 14.0 Å². The zero-order valence-electron chi connectivity index (χ0n) is 15.4. The lowest BCUT2D eigenvalue weighted by molar-refractivity contribution is 0.112. The van der Waals surface area contributed by atoms with E-state index in [1.165, 1.54) is 4.40 Å². The Bertz CT molecular complexity index is 1090. The summed E-state index contributed by atoms with van der Waals surface area (Å²) >= 11 is 6.02. The van der Waals surface area contributed by atoms with Gasteiger partial charge in [0, 0.05) is 54.8 Å². The van der Waals surface area contributed by atoms with Crippen molar-refractivity contribution in [1.82, 2.24) is 14.3 Å². The number of fused-ring (bicyclic) bond motifs is 1. The second-order valence-corrected chi connectivity index (χ2v) is 7.27. The molecule has 0 saturated carbocycles. The molecular formula is C20H20ClN5O2. The van der Waals surface area contributed by atoms with Gasteiger partial charge in [-0.25, -0.2) is 4.98 Å². The zero-order valence-corrected chi connectivity index (χ0v) is 16.2. The lowest BCUT2D eigenvalue weighted by Crippen LogP contribution is -2.44. The van der Waals surface area contributed by atoms with Crippen LogP contribution in [0.4, 0.5) is 17.2 Å². The number of carbonyl (C=O) groups is 1. The van der Waals surface area contributed by atoms with Crippen LogP contribution in [0.5, 0.6) is 0 Å². The fraction of sp³-hybridized carbons (Fsp3) is 0.250. The predicted molar refractivity (Wildman–Crippen MR) is 111 cm³/mol. The van der Waals surface area contributed by atoms with Crippen molar-refractivity contribution in [3.8, 4) is 0 Å². The molecule has 28 heavy (non-hydrogen) atoms. The Kier molecular flexibility index (Phi) is 5.02. The van der Waals surface area contributed by atoms with E-state index in [2.05, 4.69) is 27.1 Å². The fourth-order valence-corrected chi connectivity index (χ4v) is 3.50. The second kappa shape index (κ2) is 7.61. The molecule has 3 aromatic rings. The van der Waals surface area contributed by atoms with Crippen LogP contribution < -0.4 is 15.8 Å². The molecule has 0 unspecified atom stereocenters. The smallest absolute Gasteiger partial charge is 0.270 e. The number of nitrogens with one attached hydrogen (secondary N) is 1. The van der Waals surface area contributed by atoms with Gasteiger partial charge in [0.15, 0.2) is 6.29 Å². The molecule has 3 heterocycles. The molecule has 1 fully saturated rings. The predicted octanol–water partition coefficient (Wildman–Crippen LogP) is 2.66. The second-order valence-electron chi connectivity index (χ2n) is 6.84. The first-order chi connectivity index (χ1) is 13.5. The van der Waals surface area contributed by atoms with Gasteiger partial charge in [0.1, 0.15) is 17.0 Å². The standard InChI is InChI=1S/C20H20ClN5O2/c1-24-7-9-25(10-8-24)16-5-6-26-18(12-16)23-19(17(13-27)20(26)28)22-15-4-2-3-14(21)11-15/h2-6,11-13,22H,7-10H2,1H3. The highest BCUT2D eigenvalue weighted by molar-refractivity contribution is 6.30. The van der Waals surface area contributed by atoms with Crippen molar-refractivity contribution >= 4 is 40.7 Å². The monoisotopic (exact) mass is 397 g/mol. The first-order valence-electron chi connectivity index (χ1n) is 9.03. The van der Waals surface area contributed by atoms with Crippen molar-refractivity contribution < 1.29 is 4.79 Å². The molecule has 0 spiro atoms. The van der Waals surface area contributed by atoms with E-state index in [9.17, 15) is 9.59 Å². The summed E-state index contributed by atoms with van der Waals surface area (Å²) in [7, 11) is 2.10. The SMILES string of the molecule is CN1CCN(c2ccn3c(=O)c(C=O)c(Nc4cccc(Cl)c4)nc3c2)CC1. The number of benzene rings is 1. The van der Waals surface area contributed by atoms with E-state index in [4.69, 9.17) is 11.6 Å². The van der Waals surface area contributed by atoms with Gasteiger partial charge in [-0.2, -0.15) is 0 Å². The molecule has 1 aromatic carbocycles. The van der Waals surface area contributed by atoms with E-state index >= 15 is 0 Å². The summed E-state index contributed by atoms with van der Waals surface area (Å²) in [6, 6.07) is 10.8. The number of aldehydes is 1. The van der Waals surface area contributed by atoms with E-state index in [0.717, 1.165) is 31.9 Å². The molecule has 1 aliphatic rings. The van der Waals surface area contributed by atoms with Crippen LogP contribution in [0.1, 0.15) is 10.4 Å². The number of likely N-dealkylation sites (N-methyl/N-ethyl adjacent to an activating group) is 1. The minimum atomic E-state index is -0.408. The van der Waals surface area contributed by atoms with Crippen LogP contribution in [0.3, 0.4) is 0 Å². The van der Waals surface area contributed by atoms with Crippen molar-refractivity contribution in [2.45, 2.75) is 0 Å².